The van der Waals surface area contributed by atoms with E-state index in [2.05, 4.69) is 18.7 Å². The van der Waals surface area contributed by atoms with Crippen LogP contribution in [0.4, 0.5) is 0 Å². The molecule has 0 aromatic carbocycles. The number of methoxy groups -OCH3 is 1. The van der Waals surface area contributed by atoms with Gasteiger partial charge in [-0.3, -0.25) is 9.59 Å². The fourth-order valence-corrected chi connectivity index (χ4v) is 7.46. The normalized spacial score (nSPS) is 56.2. The maximum Gasteiger partial charge on any atom is 0.313 e. The summed E-state index contributed by atoms with van der Waals surface area (Å²) in [6.45, 7) is 8.10. The Kier molecular flexibility index (Phi) is 2.82. The lowest BCUT2D eigenvalue weighted by Crippen LogP contribution is -2.48. The number of allylic oxidation sites excluding steroid dienone is 1. The van der Waals surface area contributed by atoms with Gasteiger partial charge in [-0.25, -0.2) is 0 Å². The van der Waals surface area contributed by atoms with Crippen molar-refractivity contribution in [2.45, 2.75) is 50.7 Å². The van der Waals surface area contributed by atoms with Crippen LogP contribution in [-0.2, 0) is 19.1 Å². The molecule has 8 atom stereocenters. The van der Waals surface area contributed by atoms with Gasteiger partial charge in [0.05, 0.1) is 24.0 Å². The Hall–Kier alpha value is -1.62. The summed E-state index contributed by atoms with van der Waals surface area (Å²) in [5, 5.41) is 11.1. The summed E-state index contributed by atoms with van der Waals surface area (Å²) in [4.78, 5) is 26.0. The number of rotatable bonds is 1. The van der Waals surface area contributed by atoms with E-state index in [9.17, 15) is 14.7 Å². The van der Waals surface area contributed by atoms with Crippen LogP contribution in [-0.4, -0.2) is 35.4 Å². The third-order valence-corrected chi connectivity index (χ3v) is 8.75. The van der Waals surface area contributed by atoms with Crippen LogP contribution in [0.3, 0.4) is 0 Å². The van der Waals surface area contributed by atoms with Crippen molar-refractivity contribution in [2.75, 3.05) is 7.11 Å². The van der Waals surface area contributed by atoms with Crippen molar-refractivity contribution in [1.82, 2.24) is 0 Å². The summed E-state index contributed by atoms with van der Waals surface area (Å²) in [6, 6.07) is 0. The van der Waals surface area contributed by atoms with Crippen LogP contribution in [0.2, 0.25) is 0 Å². The molecule has 1 N–H and O–H groups in total. The molecule has 3 unspecified atom stereocenters. The first-order valence-electron chi connectivity index (χ1n) is 9.57. The van der Waals surface area contributed by atoms with Gasteiger partial charge < -0.3 is 14.6 Å². The topological polar surface area (TPSA) is 72.8 Å². The van der Waals surface area contributed by atoms with Gasteiger partial charge in [-0.2, -0.15) is 0 Å². The number of hydrogen-bond acceptors (Lipinski definition) is 5. The van der Waals surface area contributed by atoms with Crippen molar-refractivity contribution in [3.8, 4) is 0 Å². The molecule has 1 saturated heterocycles. The largest absolute Gasteiger partial charge is 0.469 e. The first-order chi connectivity index (χ1) is 12.2. The molecular formula is C21H26O5. The summed E-state index contributed by atoms with van der Waals surface area (Å²) in [5.41, 5.74) is -2.05. The van der Waals surface area contributed by atoms with Gasteiger partial charge in [-0.15, -0.1) is 0 Å². The van der Waals surface area contributed by atoms with Crippen LogP contribution in [0.1, 0.15) is 39.5 Å². The van der Waals surface area contributed by atoms with Gasteiger partial charge in [0.1, 0.15) is 5.60 Å². The highest BCUT2D eigenvalue weighted by atomic mass is 16.6. The predicted octanol–water partition coefficient (Wildman–Crippen LogP) is 2.39. The predicted molar refractivity (Wildman–Crippen MR) is 92.7 cm³/mol. The van der Waals surface area contributed by atoms with Crippen molar-refractivity contribution >= 4 is 11.9 Å². The zero-order valence-corrected chi connectivity index (χ0v) is 15.6. The minimum Gasteiger partial charge on any atom is -0.469 e. The van der Waals surface area contributed by atoms with E-state index >= 15 is 0 Å². The van der Waals surface area contributed by atoms with E-state index in [4.69, 9.17) is 9.47 Å². The molecule has 4 fully saturated rings. The van der Waals surface area contributed by atoms with E-state index in [0.29, 0.717) is 19.3 Å². The molecule has 4 aliphatic carbocycles. The number of carbonyl (C=O) groups is 2. The maximum absolute atomic E-state index is 13.1. The van der Waals surface area contributed by atoms with Crippen LogP contribution < -0.4 is 0 Å². The molecule has 4 bridgehead atoms. The molecule has 5 rings (SSSR count). The molecule has 0 aromatic rings. The van der Waals surface area contributed by atoms with Gasteiger partial charge in [0.2, 0.25) is 0 Å². The lowest BCUT2D eigenvalue weighted by Gasteiger charge is -2.44. The maximum atomic E-state index is 13.1. The average Bonchev–Trinajstić information content (AvgIpc) is 3.02. The second-order valence-electron chi connectivity index (χ2n) is 9.47. The Labute approximate surface area is 153 Å². The lowest BCUT2D eigenvalue weighted by molar-refractivity contribution is -0.162. The van der Waals surface area contributed by atoms with Crippen molar-refractivity contribution in [1.29, 1.82) is 0 Å². The number of aliphatic hydroxyl groups is 1. The molecule has 0 amide bonds. The molecule has 1 aliphatic heterocycles. The highest BCUT2D eigenvalue weighted by molar-refractivity contribution is 5.86. The second kappa shape index (κ2) is 4.44. The van der Waals surface area contributed by atoms with Gasteiger partial charge in [0, 0.05) is 11.8 Å². The van der Waals surface area contributed by atoms with Crippen molar-refractivity contribution in [3.63, 3.8) is 0 Å². The highest BCUT2D eigenvalue weighted by Gasteiger charge is 2.83. The van der Waals surface area contributed by atoms with Crippen molar-refractivity contribution in [2.24, 2.45) is 34.5 Å². The van der Waals surface area contributed by atoms with Gasteiger partial charge in [-0.1, -0.05) is 19.6 Å². The molecular weight excluding hydrogens is 332 g/mol. The Morgan fingerprint density at radius 2 is 2.19 bits per heavy atom. The van der Waals surface area contributed by atoms with Gasteiger partial charge >= 0.3 is 11.9 Å². The minimum absolute atomic E-state index is 0.0113. The summed E-state index contributed by atoms with van der Waals surface area (Å²) in [6.07, 6.45) is 6.58. The highest BCUT2D eigenvalue weighted by Crippen LogP contribution is 2.78. The fourth-order valence-electron chi connectivity index (χ4n) is 7.46. The molecule has 3 saturated carbocycles. The Morgan fingerprint density at radius 1 is 1.46 bits per heavy atom. The van der Waals surface area contributed by atoms with Gasteiger partial charge in [0.15, 0.2) is 0 Å². The fraction of sp³-hybridized carbons (Fsp3) is 0.714. The molecule has 140 valence electrons. The van der Waals surface area contributed by atoms with Crippen LogP contribution in [0.15, 0.2) is 24.3 Å². The average molecular weight is 358 g/mol. The molecule has 5 heteroatoms. The van der Waals surface area contributed by atoms with Crippen LogP contribution >= 0.6 is 0 Å². The number of hydrogen-bond donors (Lipinski definition) is 1. The zero-order chi connectivity index (χ0) is 18.7. The molecule has 5 nitrogen and oxygen atoms in total. The summed E-state index contributed by atoms with van der Waals surface area (Å²) >= 11 is 0. The zero-order valence-electron chi connectivity index (χ0n) is 15.6. The smallest absolute Gasteiger partial charge is 0.313 e. The van der Waals surface area contributed by atoms with Crippen LogP contribution in [0.25, 0.3) is 0 Å². The first kappa shape index (κ1) is 16.5. The SMILES string of the molecule is C=C1C[C@]23C[C@@]1(O)CCC2[C@@]12C=C[C@H](C)[C@](C)(C(=O)O1)C2C3C(=O)OC. The van der Waals surface area contributed by atoms with Crippen molar-refractivity contribution < 1.29 is 24.2 Å². The standard InChI is InChI=1S/C21H26O5/c1-11-5-8-21-13-6-7-20(24)10-19(13,9-12(20)2)14(16(22)25-4)15(21)18(11,3)17(23)26-21/h5,8,11,13-15,24H,2,6-7,9-10H2,1,3-4H3/t11-,13?,14?,15?,18-,19-,20-,21+/m0/s1. The van der Waals surface area contributed by atoms with Gasteiger partial charge in [0.25, 0.3) is 0 Å². The lowest BCUT2D eigenvalue weighted by atomic mass is 9.58. The number of fused-ring (bicyclic) bond motifs is 1. The summed E-state index contributed by atoms with van der Waals surface area (Å²) < 4.78 is 11.4. The third-order valence-electron chi connectivity index (χ3n) is 8.75. The van der Waals surface area contributed by atoms with E-state index in [1.54, 1.807) is 0 Å². The van der Waals surface area contributed by atoms with Crippen LogP contribution in [0.5, 0.6) is 0 Å². The number of esters is 2. The molecule has 1 spiro atoms. The van der Waals surface area contributed by atoms with E-state index in [1.165, 1.54) is 7.11 Å². The third kappa shape index (κ3) is 1.44. The molecule has 5 aliphatic rings. The number of ether oxygens (including phenoxy) is 2. The van der Waals surface area contributed by atoms with E-state index in [-0.39, 0.29) is 29.7 Å². The Morgan fingerprint density at radius 3 is 2.88 bits per heavy atom. The molecule has 26 heavy (non-hydrogen) atoms. The van der Waals surface area contributed by atoms with Gasteiger partial charge in [-0.05, 0) is 55.6 Å². The summed E-state index contributed by atoms with van der Waals surface area (Å²) in [7, 11) is 1.41. The summed E-state index contributed by atoms with van der Waals surface area (Å²) in [5.74, 6) is -1.21. The number of carbonyl (C=O) groups excluding carboxylic acids is 2. The minimum atomic E-state index is -0.910. The second-order valence-corrected chi connectivity index (χ2v) is 9.47. The first-order valence-corrected chi connectivity index (χ1v) is 9.57. The molecule has 1 heterocycles. The Bertz CT molecular complexity index is 785. The Balaban J connectivity index is 1.78. The monoisotopic (exact) mass is 358 g/mol. The molecule has 0 aromatic heterocycles. The quantitative estimate of drug-likeness (QED) is 0.576. The molecule has 0 radical (unpaired) electrons. The van der Waals surface area contributed by atoms with E-state index < -0.39 is 27.9 Å². The van der Waals surface area contributed by atoms with E-state index in [1.807, 2.05) is 13.8 Å². The van der Waals surface area contributed by atoms with E-state index in [0.717, 1.165) is 12.0 Å². The van der Waals surface area contributed by atoms with Crippen molar-refractivity contribution in [3.05, 3.63) is 24.3 Å². The van der Waals surface area contributed by atoms with Crippen LogP contribution in [0, 0.1) is 34.5 Å².